The number of halogens is 1. The van der Waals surface area contributed by atoms with Crippen molar-refractivity contribution in [1.82, 2.24) is 10.2 Å². The molecule has 0 saturated heterocycles. The van der Waals surface area contributed by atoms with Gasteiger partial charge in [-0.2, -0.15) is 0 Å². The van der Waals surface area contributed by atoms with Crippen molar-refractivity contribution in [3.8, 4) is 0 Å². The Kier molecular flexibility index (Phi) is 9.27. The van der Waals surface area contributed by atoms with Gasteiger partial charge in [0.15, 0.2) is 0 Å². The number of carbonyl (C=O) groups is 2. The van der Waals surface area contributed by atoms with E-state index in [1.165, 1.54) is 29.2 Å². The van der Waals surface area contributed by atoms with Gasteiger partial charge in [-0.25, -0.2) is 12.8 Å². The molecule has 202 valence electrons. The van der Waals surface area contributed by atoms with Gasteiger partial charge < -0.3 is 10.2 Å². The summed E-state index contributed by atoms with van der Waals surface area (Å²) in [5.41, 5.74) is 2.85. The Morgan fingerprint density at radius 1 is 0.842 bits per heavy atom. The molecule has 0 aliphatic carbocycles. The van der Waals surface area contributed by atoms with E-state index >= 15 is 0 Å². The van der Waals surface area contributed by atoms with Gasteiger partial charge >= 0.3 is 0 Å². The van der Waals surface area contributed by atoms with Gasteiger partial charge in [-0.1, -0.05) is 47.5 Å². The topological polar surface area (TPSA) is 86.8 Å². The monoisotopic (exact) mass is 539 g/mol. The van der Waals surface area contributed by atoms with Crippen molar-refractivity contribution >= 4 is 27.5 Å². The minimum atomic E-state index is -4.19. The van der Waals surface area contributed by atoms with Crippen LogP contribution < -0.4 is 9.62 Å². The van der Waals surface area contributed by atoms with Crippen LogP contribution in [-0.4, -0.2) is 43.8 Å². The van der Waals surface area contributed by atoms with Crippen molar-refractivity contribution in [3.63, 3.8) is 0 Å². The number of nitrogens with one attached hydrogen (secondary N) is 1. The van der Waals surface area contributed by atoms with Crippen LogP contribution in [0.25, 0.3) is 0 Å². The van der Waals surface area contributed by atoms with E-state index in [2.05, 4.69) is 5.32 Å². The smallest absolute Gasteiger partial charge is 0.264 e. The van der Waals surface area contributed by atoms with E-state index in [-0.39, 0.29) is 29.1 Å². The van der Waals surface area contributed by atoms with Gasteiger partial charge in [0.2, 0.25) is 11.8 Å². The van der Waals surface area contributed by atoms with Crippen LogP contribution in [0.5, 0.6) is 0 Å². The molecule has 3 aromatic carbocycles. The third-order valence-electron chi connectivity index (χ3n) is 6.07. The summed E-state index contributed by atoms with van der Waals surface area (Å²) in [6.07, 6.45) is 0. The van der Waals surface area contributed by atoms with E-state index in [4.69, 9.17) is 0 Å². The number of hydrogen-bond donors (Lipinski definition) is 1. The van der Waals surface area contributed by atoms with Gasteiger partial charge in [0.05, 0.1) is 10.6 Å². The predicted octanol–water partition coefficient (Wildman–Crippen LogP) is 4.58. The summed E-state index contributed by atoms with van der Waals surface area (Å²) in [5, 5.41) is 2.82. The Labute approximate surface area is 224 Å². The largest absolute Gasteiger partial charge is 0.352 e. The second-order valence-electron chi connectivity index (χ2n) is 9.65. The van der Waals surface area contributed by atoms with Gasteiger partial charge in [-0.05, 0) is 76.6 Å². The zero-order valence-electron chi connectivity index (χ0n) is 22.3. The van der Waals surface area contributed by atoms with Crippen LogP contribution in [0, 0.1) is 19.7 Å². The molecule has 0 radical (unpaired) electrons. The standard InChI is InChI=1S/C29H34FN3O4S/c1-20(2)31-29(35)23(5)32(18-24-10-6-21(3)7-11-24)28(34)19-33(26-14-12-25(30)13-15-26)38(36,37)27-16-8-22(4)9-17-27/h6-17,20,23H,18-19H2,1-5H3,(H,31,35)/t23-/m0/s1. The molecule has 0 aliphatic rings. The zero-order chi connectivity index (χ0) is 28.0. The summed E-state index contributed by atoms with van der Waals surface area (Å²) in [6, 6.07) is 17.7. The maximum Gasteiger partial charge on any atom is 0.264 e. The Hall–Kier alpha value is -3.72. The van der Waals surface area contributed by atoms with Crippen LogP contribution in [-0.2, 0) is 26.2 Å². The molecule has 3 aromatic rings. The van der Waals surface area contributed by atoms with Crippen molar-refractivity contribution in [1.29, 1.82) is 0 Å². The van der Waals surface area contributed by atoms with Gasteiger partial charge in [0, 0.05) is 12.6 Å². The number of aryl methyl sites for hydroxylation is 2. The van der Waals surface area contributed by atoms with Crippen molar-refractivity contribution < 1.29 is 22.4 Å². The molecule has 1 N–H and O–H groups in total. The lowest BCUT2D eigenvalue weighted by molar-refractivity contribution is -0.139. The van der Waals surface area contributed by atoms with Gasteiger partial charge in [-0.3, -0.25) is 13.9 Å². The molecular weight excluding hydrogens is 505 g/mol. The molecule has 1 atom stereocenters. The summed E-state index contributed by atoms with van der Waals surface area (Å²) in [5.74, 6) is -1.46. The third-order valence-corrected chi connectivity index (χ3v) is 7.86. The van der Waals surface area contributed by atoms with E-state index in [1.807, 2.05) is 52.0 Å². The molecule has 9 heteroatoms. The lowest BCUT2D eigenvalue weighted by atomic mass is 10.1. The molecule has 0 fully saturated rings. The highest BCUT2D eigenvalue weighted by Crippen LogP contribution is 2.25. The number of nitrogens with zero attached hydrogens (tertiary/aromatic N) is 2. The summed E-state index contributed by atoms with van der Waals surface area (Å²) in [6.45, 7) is 8.57. The summed E-state index contributed by atoms with van der Waals surface area (Å²) in [4.78, 5) is 28.1. The Bertz CT molecular complexity index is 1360. The normalized spacial score (nSPS) is 12.2. The van der Waals surface area contributed by atoms with E-state index in [1.54, 1.807) is 19.1 Å². The number of anilines is 1. The Morgan fingerprint density at radius 2 is 1.37 bits per heavy atom. The van der Waals surface area contributed by atoms with Crippen molar-refractivity contribution in [3.05, 3.63) is 95.3 Å². The Morgan fingerprint density at radius 3 is 1.89 bits per heavy atom. The molecule has 7 nitrogen and oxygen atoms in total. The van der Waals surface area contributed by atoms with E-state index in [9.17, 15) is 22.4 Å². The predicted molar refractivity (Wildman–Crippen MR) is 147 cm³/mol. The minimum absolute atomic E-state index is 0.00379. The van der Waals surface area contributed by atoms with Crippen molar-refractivity contribution in [2.45, 2.75) is 58.1 Å². The highest BCUT2D eigenvalue weighted by Gasteiger charge is 2.32. The molecule has 2 amide bonds. The second-order valence-corrected chi connectivity index (χ2v) is 11.5. The molecule has 38 heavy (non-hydrogen) atoms. The molecule has 0 bridgehead atoms. The fraction of sp³-hybridized carbons (Fsp3) is 0.310. The first-order chi connectivity index (χ1) is 17.9. The SMILES string of the molecule is Cc1ccc(CN(C(=O)CN(c2ccc(F)cc2)S(=O)(=O)c2ccc(C)cc2)[C@@H](C)C(=O)NC(C)C)cc1. The molecule has 0 aliphatic heterocycles. The number of amides is 2. The van der Waals surface area contributed by atoms with Gasteiger partial charge in [0.25, 0.3) is 10.0 Å². The lowest BCUT2D eigenvalue weighted by Crippen LogP contribution is -2.52. The summed E-state index contributed by atoms with van der Waals surface area (Å²) in [7, 11) is -4.19. The highest BCUT2D eigenvalue weighted by atomic mass is 32.2. The van der Waals surface area contributed by atoms with Crippen LogP contribution in [0.15, 0.2) is 77.7 Å². The Balaban J connectivity index is 2.02. The number of sulfonamides is 1. The molecule has 3 rings (SSSR count). The number of rotatable bonds is 10. The third kappa shape index (κ3) is 7.19. The van der Waals surface area contributed by atoms with Crippen LogP contribution in [0.1, 0.15) is 37.5 Å². The number of benzene rings is 3. The number of carbonyl (C=O) groups excluding carboxylic acids is 2. The van der Waals surface area contributed by atoms with Crippen LogP contribution in [0.3, 0.4) is 0 Å². The highest BCUT2D eigenvalue weighted by molar-refractivity contribution is 7.92. The van der Waals surface area contributed by atoms with Crippen LogP contribution in [0.2, 0.25) is 0 Å². The first kappa shape index (κ1) is 28.8. The lowest BCUT2D eigenvalue weighted by Gasteiger charge is -2.32. The van der Waals surface area contributed by atoms with Crippen molar-refractivity contribution in [2.75, 3.05) is 10.8 Å². The van der Waals surface area contributed by atoms with Crippen LogP contribution >= 0.6 is 0 Å². The second kappa shape index (κ2) is 12.2. The molecular formula is C29H34FN3O4S. The maximum atomic E-state index is 13.8. The van der Waals surface area contributed by atoms with E-state index in [0.717, 1.165) is 33.1 Å². The first-order valence-corrected chi connectivity index (χ1v) is 13.8. The fourth-order valence-corrected chi connectivity index (χ4v) is 5.27. The molecule has 0 saturated carbocycles. The molecule has 0 aromatic heterocycles. The first-order valence-electron chi connectivity index (χ1n) is 12.4. The number of hydrogen-bond acceptors (Lipinski definition) is 4. The summed E-state index contributed by atoms with van der Waals surface area (Å²) < 4.78 is 42.1. The van der Waals surface area contributed by atoms with E-state index in [0.29, 0.717) is 0 Å². The quantitative estimate of drug-likeness (QED) is 0.409. The van der Waals surface area contributed by atoms with Gasteiger partial charge in [-0.15, -0.1) is 0 Å². The average molecular weight is 540 g/mol. The molecule has 0 unspecified atom stereocenters. The molecule has 0 heterocycles. The summed E-state index contributed by atoms with van der Waals surface area (Å²) >= 11 is 0. The zero-order valence-corrected chi connectivity index (χ0v) is 23.1. The van der Waals surface area contributed by atoms with Crippen LogP contribution in [0.4, 0.5) is 10.1 Å². The fourth-order valence-electron chi connectivity index (χ4n) is 3.85. The van der Waals surface area contributed by atoms with Gasteiger partial charge in [0.1, 0.15) is 18.4 Å². The minimum Gasteiger partial charge on any atom is -0.352 e. The molecule has 0 spiro atoms. The van der Waals surface area contributed by atoms with E-state index < -0.39 is 34.3 Å². The average Bonchev–Trinajstić information content (AvgIpc) is 2.87. The maximum absolute atomic E-state index is 13.8. The van der Waals surface area contributed by atoms with Crippen molar-refractivity contribution in [2.24, 2.45) is 0 Å².